The molecule has 0 saturated carbocycles. The van der Waals surface area contributed by atoms with Gasteiger partial charge in [0.1, 0.15) is 28.8 Å². The van der Waals surface area contributed by atoms with Gasteiger partial charge >= 0.3 is 5.97 Å². The number of pyridine rings is 2. The van der Waals surface area contributed by atoms with E-state index in [1.165, 1.54) is 0 Å². The number of rotatable bonds is 8. The minimum atomic E-state index is -0.398. The summed E-state index contributed by atoms with van der Waals surface area (Å²) in [6, 6.07) is 12.8. The van der Waals surface area contributed by atoms with E-state index in [0.29, 0.717) is 53.6 Å². The van der Waals surface area contributed by atoms with Crippen molar-refractivity contribution < 1.29 is 9.53 Å². The molecule has 10 heteroatoms. The van der Waals surface area contributed by atoms with Gasteiger partial charge in [-0.05, 0) is 62.2 Å². The molecule has 4 aromatic heterocycles. The average molecular weight is 497 g/mol. The van der Waals surface area contributed by atoms with Gasteiger partial charge in [-0.1, -0.05) is 12.1 Å². The first-order chi connectivity index (χ1) is 18.1. The van der Waals surface area contributed by atoms with Crippen LogP contribution in [0.3, 0.4) is 0 Å². The predicted octanol–water partition coefficient (Wildman–Crippen LogP) is 3.52. The number of hydrogen-bond donors (Lipinski definition) is 2. The zero-order chi connectivity index (χ0) is 25.5. The highest BCUT2D eigenvalue weighted by molar-refractivity contribution is 5.87. The summed E-state index contributed by atoms with van der Waals surface area (Å²) in [5.41, 5.74) is 2.79. The van der Waals surface area contributed by atoms with Crippen LogP contribution in [0.4, 0.5) is 11.6 Å². The zero-order valence-corrected chi connectivity index (χ0v) is 20.6. The Kier molecular flexibility index (Phi) is 7.66. The smallest absolute Gasteiger partial charge is 0.356 e. The van der Waals surface area contributed by atoms with Crippen LogP contribution >= 0.6 is 0 Å². The summed E-state index contributed by atoms with van der Waals surface area (Å²) in [6.45, 7) is 4.26. The summed E-state index contributed by atoms with van der Waals surface area (Å²) in [5, 5.41) is 6.53. The first-order valence-corrected chi connectivity index (χ1v) is 12.3. The number of esters is 1. The number of ether oxygens (including phenoxy) is 1. The van der Waals surface area contributed by atoms with E-state index in [1.54, 1.807) is 36.8 Å². The van der Waals surface area contributed by atoms with Gasteiger partial charge in [-0.3, -0.25) is 0 Å². The zero-order valence-electron chi connectivity index (χ0n) is 20.6. The molecule has 4 aromatic rings. The van der Waals surface area contributed by atoms with Crippen molar-refractivity contribution in [1.29, 1.82) is 0 Å². The van der Waals surface area contributed by atoms with Crippen molar-refractivity contribution in [3.05, 3.63) is 83.8 Å². The van der Waals surface area contributed by atoms with Gasteiger partial charge in [0.15, 0.2) is 5.82 Å². The van der Waals surface area contributed by atoms with Crippen LogP contribution in [-0.2, 0) is 11.2 Å². The van der Waals surface area contributed by atoms with E-state index in [-0.39, 0.29) is 0 Å². The summed E-state index contributed by atoms with van der Waals surface area (Å²) in [7, 11) is 0. The molecule has 1 saturated heterocycles. The fourth-order valence-electron chi connectivity index (χ4n) is 4.07. The molecule has 5 heterocycles. The third-order valence-corrected chi connectivity index (χ3v) is 5.98. The summed E-state index contributed by atoms with van der Waals surface area (Å²) in [4.78, 5) is 39.0. The molecule has 37 heavy (non-hydrogen) atoms. The van der Waals surface area contributed by atoms with E-state index in [9.17, 15) is 4.79 Å². The van der Waals surface area contributed by atoms with E-state index in [2.05, 4.69) is 40.5 Å². The molecular weight excluding hydrogens is 468 g/mol. The largest absolute Gasteiger partial charge is 0.461 e. The molecule has 0 radical (unpaired) electrons. The van der Waals surface area contributed by atoms with E-state index in [1.807, 2.05) is 31.2 Å². The lowest BCUT2D eigenvalue weighted by Gasteiger charge is -2.22. The normalized spacial score (nSPS) is 15.2. The van der Waals surface area contributed by atoms with Crippen LogP contribution in [-0.4, -0.2) is 55.6 Å². The van der Waals surface area contributed by atoms with Crippen molar-refractivity contribution in [3.63, 3.8) is 0 Å². The van der Waals surface area contributed by atoms with Gasteiger partial charge in [-0.2, -0.15) is 0 Å². The van der Waals surface area contributed by atoms with Gasteiger partial charge < -0.3 is 15.4 Å². The standard InChI is InChI=1S/C27H28N8O2/c1-18-4-2-6-21(32-18)26-30-13-10-24(35-26)33-23-9-12-29-25(34-23)14-19-7-8-22(31-16-19)27(36)37-17-20-5-3-11-28-15-20/h2,4,6-10,12-13,16,20,28H,3,5,11,14-15,17H2,1H3,(H,29,30,33,34,35)/t20-/m0/s1. The van der Waals surface area contributed by atoms with Gasteiger partial charge in [-0.15, -0.1) is 0 Å². The first-order valence-electron chi connectivity index (χ1n) is 12.3. The minimum absolute atomic E-state index is 0.298. The molecule has 0 amide bonds. The maximum absolute atomic E-state index is 12.4. The summed E-state index contributed by atoms with van der Waals surface area (Å²) in [6.07, 6.45) is 7.68. The number of nitrogens with zero attached hydrogens (tertiary/aromatic N) is 6. The minimum Gasteiger partial charge on any atom is -0.461 e. The number of piperidine rings is 1. The number of anilines is 2. The maximum atomic E-state index is 12.4. The lowest BCUT2D eigenvalue weighted by atomic mass is 10.0. The van der Waals surface area contributed by atoms with Gasteiger partial charge in [-0.25, -0.2) is 34.7 Å². The SMILES string of the molecule is Cc1cccc(-c2nccc(Nc3ccnc(Cc4ccc(C(=O)OC[C@H]5CCCNC5)nc4)n3)n2)n1. The van der Waals surface area contributed by atoms with Crippen LogP contribution in [0.15, 0.2) is 61.1 Å². The summed E-state index contributed by atoms with van der Waals surface area (Å²) < 4.78 is 5.45. The molecule has 0 spiro atoms. The number of hydrogen-bond acceptors (Lipinski definition) is 10. The van der Waals surface area contributed by atoms with E-state index in [0.717, 1.165) is 37.2 Å². The topological polar surface area (TPSA) is 128 Å². The van der Waals surface area contributed by atoms with Crippen molar-refractivity contribution in [2.75, 3.05) is 25.0 Å². The highest BCUT2D eigenvalue weighted by Crippen LogP contribution is 2.18. The highest BCUT2D eigenvalue weighted by Gasteiger charge is 2.17. The second kappa shape index (κ2) is 11.6. The Hall–Kier alpha value is -4.31. The van der Waals surface area contributed by atoms with Crippen molar-refractivity contribution in [3.8, 4) is 11.5 Å². The Bertz CT molecular complexity index is 1360. The van der Waals surface area contributed by atoms with Crippen LogP contribution in [0.1, 0.15) is 40.4 Å². The van der Waals surface area contributed by atoms with Crippen LogP contribution in [0.25, 0.3) is 11.5 Å². The Balaban J connectivity index is 1.20. The number of carbonyl (C=O) groups is 1. The third-order valence-electron chi connectivity index (χ3n) is 5.98. The highest BCUT2D eigenvalue weighted by atomic mass is 16.5. The predicted molar refractivity (Wildman–Crippen MR) is 138 cm³/mol. The van der Waals surface area contributed by atoms with Crippen LogP contribution < -0.4 is 10.6 Å². The number of nitrogens with one attached hydrogen (secondary N) is 2. The fraction of sp³-hybridized carbons (Fsp3) is 0.296. The van der Waals surface area contributed by atoms with E-state index >= 15 is 0 Å². The van der Waals surface area contributed by atoms with Crippen molar-refractivity contribution >= 4 is 17.6 Å². The maximum Gasteiger partial charge on any atom is 0.356 e. The molecule has 1 atom stereocenters. The monoisotopic (exact) mass is 496 g/mol. The van der Waals surface area contributed by atoms with Crippen LogP contribution in [0, 0.1) is 12.8 Å². The Morgan fingerprint density at radius 1 is 1.03 bits per heavy atom. The second-order valence-electron chi connectivity index (χ2n) is 8.95. The molecule has 10 nitrogen and oxygen atoms in total. The number of aromatic nitrogens is 6. The van der Waals surface area contributed by atoms with E-state index < -0.39 is 5.97 Å². The summed E-state index contributed by atoms with van der Waals surface area (Å²) >= 11 is 0. The molecule has 5 rings (SSSR count). The Morgan fingerprint density at radius 3 is 2.68 bits per heavy atom. The lowest BCUT2D eigenvalue weighted by Crippen LogP contribution is -2.32. The Labute approximate surface area is 215 Å². The number of aryl methyl sites for hydroxylation is 1. The van der Waals surface area contributed by atoms with Gasteiger partial charge in [0.05, 0.1) is 6.61 Å². The van der Waals surface area contributed by atoms with Crippen LogP contribution in [0.5, 0.6) is 0 Å². The lowest BCUT2D eigenvalue weighted by molar-refractivity contribution is 0.0414. The van der Waals surface area contributed by atoms with Gasteiger partial charge in [0.25, 0.3) is 0 Å². The van der Waals surface area contributed by atoms with Crippen molar-refractivity contribution in [2.24, 2.45) is 5.92 Å². The van der Waals surface area contributed by atoms with Crippen molar-refractivity contribution in [2.45, 2.75) is 26.2 Å². The molecule has 188 valence electrons. The molecule has 1 aliphatic heterocycles. The third kappa shape index (κ3) is 6.68. The fourth-order valence-corrected chi connectivity index (χ4v) is 4.07. The second-order valence-corrected chi connectivity index (χ2v) is 8.95. The molecule has 0 unspecified atom stereocenters. The van der Waals surface area contributed by atoms with Crippen LogP contribution in [0.2, 0.25) is 0 Å². The van der Waals surface area contributed by atoms with E-state index in [4.69, 9.17) is 4.74 Å². The molecule has 2 N–H and O–H groups in total. The Morgan fingerprint density at radius 2 is 1.89 bits per heavy atom. The van der Waals surface area contributed by atoms with Crippen molar-refractivity contribution in [1.82, 2.24) is 35.2 Å². The first kappa shape index (κ1) is 24.4. The molecule has 1 aliphatic rings. The summed E-state index contributed by atoms with van der Waals surface area (Å²) in [5.74, 6) is 2.32. The quantitative estimate of drug-likeness (QED) is 0.350. The molecule has 1 fully saturated rings. The molecule has 0 aromatic carbocycles. The molecular formula is C27H28N8O2. The molecule has 0 bridgehead atoms. The average Bonchev–Trinajstić information content (AvgIpc) is 2.93. The van der Waals surface area contributed by atoms with Gasteiger partial charge in [0, 0.05) is 43.2 Å². The molecule has 0 aliphatic carbocycles. The number of carbonyl (C=O) groups excluding carboxylic acids is 1. The van der Waals surface area contributed by atoms with Gasteiger partial charge in [0.2, 0.25) is 0 Å².